The van der Waals surface area contributed by atoms with Crippen molar-refractivity contribution >= 4 is 10.8 Å². The fourth-order valence-corrected chi connectivity index (χ4v) is 9.02. The molecule has 7 rings (SSSR count). The molecule has 0 amide bonds. The van der Waals surface area contributed by atoms with Gasteiger partial charge in [-0.3, -0.25) is 0 Å². The van der Waals surface area contributed by atoms with Gasteiger partial charge in [0.25, 0.3) is 0 Å². The van der Waals surface area contributed by atoms with Gasteiger partial charge < -0.3 is 9.22 Å². The zero-order chi connectivity index (χ0) is 23.3. The van der Waals surface area contributed by atoms with E-state index in [-0.39, 0.29) is 16.6 Å². The van der Waals surface area contributed by atoms with Crippen molar-refractivity contribution in [2.75, 3.05) is 21.1 Å². The summed E-state index contributed by atoms with van der Waals surface area (Å²) in [5, 5.41) is 2.73. The lowest BCUT2D eigenvalue weighted by Crippen LogP contribution is -2.57. The topological polar surface area (TPSA) is 9.23 Å². The minimum Gasteiger partial charge on any atom is -0.359 e. The Labute approximate surface area is 205 Å². The molecule has 2 spiro atoms. The third kappa shape index (κ3) is 2.76. The van der Waals surface area contributed by atoms with Gasteiger partial charge in [0.2, 0.25) is 0 Å². The van der Waals surface area contributed by atoms with Crippen molar-refractivity contribution in [1.29, 1.82) is 0 Å². The van der Waals surface area contributed by atoms with Crippen molar-refractivity contribution in [3.8, 4) is 0 Å². The van der Waals surface area contributed by atoms with E-state index in [1.54, 1.807) is 16.7 Å². The molecule has 2 unspecified atom stereocenters. The lowest BCUT2D eigenvalue weighted by atomic mass is 9.58. The summed E-state index contributed by atoms with van der Waals surface area (Å²) in [5.74, 6) is 1.24. The summed E-state index contributed by atoms with van der Waals surface area (Å²) in [7, 11) is 7.12. The SMILES string of the molecule is C[C@]12CC=C3C=C4CC[C@@H]([N+](C)(C)C)C[C@]45CCC3(O5)[C@@H]1CCC2c1ccc2ccccc2c1. The highest BCUT2D eigenvalue weighted by molar-refractivity contribution is 5.83. The molecule has 2 saturated carbocycles. The second kappa shape index (κ2) is 6.86. The molecule has 2 heteroatoms. The number of rotatable bonds is 2. The number of hydrogen-bond donors (Lipinski definition) is 0. The molecule has 2 nitrogen and oxygen atoms in total. The number of allylic oxidation sites excluding steroid dienone is 1. The summed E-state index contributed by atoms with van der Waals surface area (Å²) in [4.78, 5) is 0. The fourth-order valence-electron chi connectivity index (χ4n) is 9.02. The Morgan fingerprint density at radius 2 is 1.76 bits per heavy atom. The van der Waals surface area contributed by atoms with Crippen LogP contribution in [0.15, 0.2) is 65.8 Å². The summed E-state index contributed by atoms with van der Waals surface area (Å²) < 4.78 is 8.55. The van der Waals surface area contributed by atoms with Crippen LogP contribution in [-0.4, -0.2) is 42.9 Å². The van der Waals surface area contributed by atoms with Crippen LogP contribution in [0.4, 0.5) is 0 Å². The van der Waals surface area contributed by atoms with Crippen molar-refractivity contribution in [3.63, 3.8) is 0 Å². The molecule has 1 saturated heterocycles. The van der Waals surface area contributed by atoms with Gasteiger partial charge in [0.15, 0.2) is 0 Å². The molecule has 2 aliphatic heterocycles. The van der Waals surface area contributed by atoms with E-state index < -0.39 is 0 Å². The second-order valence-corrected chi connectivity index (χ2v) is 13.3. The quantitative estimate of drug-likeness (QED) is 0.438. The Balaban J connectivity index is 1.27. The van der Waals surface area contributed by atoms with Crippen LogP contribution >= 0.6 is 0 Å². The first-order valence-electron chi connectivity index (χ1n) is 13.7. The number of quaternary nitrogens is 1. The van der Waals surface area contributed by atoms with Crippen LogP contribution in [0.3, 0.4) is 0 Å². The molecule has 2 aromatic rings. The lowest BCUT2D eigenvalue weighted by molar-refractivity contribution is -0.898. The molecule has 0 N–H and O–H groups in total. The largest absolute Gasteiger partial charge is 0.359 e. The standard InChI is InChI=1S/C32H40NO/c1-30-16-15-26-20-25-11-12-27(33(2,3)4)21-31(25)17-18-32(26,34-31)29(30)14-13-28(30)24-10-9-22-7-5-6-8-23(22)19-24/h5-10,15,19-20,27-29H,11-14,16-18,21H2,1-4H3/q+1/t27-,28?,29-,30-,31-,32?/m1/s1. The Morgan fingerprint density at radius 1 is 0.941 bits per heavy atom. The molecule has 2 aromatic carbocycles. The molecule has 0 radical (unpaired) electrons. The van der Waals surface area contributed by atoms with Crippen LogP contribution in [0.2, 0.25) is 0 Å². The molecule has 5 aliphatic rings. The van der Waals surface area contributed by atoms with Gasteiger partial charge in [0, 0.05) is 12.8 Å². The Kier molecular flexibility index (Phi) is 4.31. The van der Waals surface area contributed by atoms with E-state index in [4.69, 9.17) is 4.74 Å². The van der Waals surface area contributed by atoms with E-state index >= 15 is 0 Å². The smallest absolute Gasteiger partial charge is 0.0975 e. The average Bonchev–Trinajstić information content (AvgIpc) is 3.33. The minimum absolute atomic E-state index is 0.00503. The van der Waals surface area contributed by atoms with Crippen molar-refractivity contribution < 1.29 is 9.22 Å². The minimum atomic E-state index is -0.0468. The van der Waals surface area contributed by atoms with Crippen LogP contribution in [0.1, 0.15) is 69.8 Å². The molecular weight excluding hydrogens is 414 g/mol. The first kappa shape index (κ1) is 21.4. The summed E-state index contributed by atoms with van der Waals surface area (Å²) in [6.07, 6.45) is 15.2. The highest BCUT2D eigenvalue weighted by Crippen LogP contribution is 2.69. The Bertz CT molecular complexity index is 1230. The summed E-state index contributed by atoms with van der Waals surface area (Å²) in [6.45, 7) is 2.59. The van der Waals surface area contributed by atoms with Gasteiger partial charge >= 0.3 is 0 Å². The number of fused-ring (bicyclic) bond motifs is 2. The Morgan fingerprint density at radius 3 is 2.59 bits per heavy atom. The van der Waals surface area contributed by atoms with Crippen molar-refractivity contribution in [1.82, 2.24) is 0 Å². The predicted octanol–water partition coefficient (Wildman–Crippen LogP) is 7.16. The van der Waals surface area contributed by atoms with E-state index in [1.807, 2.05) is 0 Å². The first-order chi connectivity index (χ1) is 16.2. The third-order valence-electron chi connectivity index (χ3n) is 10.9. The van der Waals surface area contributed by atoms with Gasteiger partial charge in [-0.15, -0.1) is 0 Å². The van der Waals surface area contributed by atoms with E-state index in [2.05, 4.69) is 82.7 Å². The van der Waals surface area contributed by atoms with E-state index in [1.165, 1.54) is 62.1 Å². The molecule has 2 bridgehead atoms. The van der Waals surface area contributed by atoms with Gasteiger partial charge in [0.05, 0.1) is 38.4 Å². The fraction of sp³-hybridized carbons (Fsp3) is 0.562. The molecule has 34 heavy (non-hydrogen) atoms. The predicted molar refractivity (Wildman–Crippen MR) is 140 cm³/mol. The van der Waals surface area contributed by atoms with Gasteiger partial charge in [-0.2, -0.15) is 0 Å². The van der Waals surface area contributed by atoms with Crippen molar-refractivity contribution in [2.45, 2.75) is 81.5 Å². The van der Waals surface area contributed by atoms with Gasteiger partial charge in [-0.1, -0.05) is 61.5 Å². The number of hydrogen-bond acceptors (Lipinski definition) is 1. The molecule has 3 aliphatic carbocycles. The van der Waals surface area contributed by atoms with Crippen LogP contribution in [-0.2, 0) is 4.74 Å². The Hall–Kier alpha value is -1.90. The van der Waals surface area contributed by atoms with Gasteiger partial charge in [0.1, 0.15) is 0 Å². The average molecular weight is 455 g/mol. The molecule has 0 aromatic heterocycles. The van der Waals surface area contributed by atoms with Crippen LogP contribution in [0, 0.1) is 11.3 Å². The third-order valence-corrected chi connectivity index (χ3v) is 10.9. The number of benzene rings is 2. The first-order valence-corrected chi connectivity index (χ1v) is 13.7. The van der Waals surface area contributed by atoms with Crippen molar-refractivity contribution in [3.05, 3.63) is 71.3 Å². The normalized spacial score (nSPS) is 40.9. The molecule has 2 heterocycles. The molecule has 6 atom stereocenters. The summed E-state index contributed by atoms with van der Waals surface area (Å²) in [5.41, 5.74) is 4.93. The zero-order valence-corrected chi connectivity index (χ0v) is 21.4. The second-order valence-electron chi connectivity index (χ2n) is 13.3. The van der Waals surface area contributed by atoms with Crippen molar-refractivity contribution in [2.24, 2.45) is 11.3 Å². The van der Waals surface area contributed by atoms with E-state index in [0.717, 1.165) is 4.48 Å². The van der Waals surface area contributed by atoms with Crippen LogP contribution in [0.5, 0.6) is 0 Å². The highest BCUT2D eigenvalue weighted by Gasteiger charge is 2.67. The lowest BCUT2D eigenvalue weighted by Gasteiger charge is -2.55. The van der Waals surface area contributed by atoms with Gasteiger partial charge in [-0.05, 0) is 83.3 Å². The van der Waals surface area contributed by atoms with Crippen LogP contribution in [0.25, 0.3) is 10.8 Å². The van der Waals surface area contributed by atoms with Crippen LogP contribution < -0.4 is 0 Å². The maximum Gasteiger partial charge on any atom is 0.0975 e. The molecular formula is C32H40NO+. The summed E-state index contributed by atoms with van der Waals surface area (Å²) >= 11 is 0. The maximum atomic E-state index is 7.49. The van der Waals surface area contributed by atoms with Gasteiger partial charge in [-0.25, -0.2) is 0 Å². The summed E-state index contributed by atoms with van der Waals surface area (Å²) in [6, 6.07) is 16.8. The van der Waals surface area contributed by atoms with E-state index in [9.17, 15) is 0 Å². The highest BCUT2D eigenvalue weighted by atomic mass is 16.5. The molecule has 3 fully saturated rings. The zero-order valence-electron chi connectivity index (χ0n) is 21.4. The van der Waals surface area contributed by atoms with E-state index in [0.29, 0.717) is 17.9 Å². The number of ether oxygens (including phenoxy) is 1. The molecule has 178 valence electrons. The number of nitrogens with zero attached hydrogens (tertiary/aromatic N) is 1. The maximum absolute atomic E-state index is 7.49. The monoisotopic (exact) mass is 454 g/mol.